The molecule has 7 heteroatoms. The molecule has 20 heavy (non-hydrogen) atoms. The van der Waals surface area contributed by atoms with Crippen molar-refractivity contribution in [3.8, 4) is 0 Å². The summed E-state index contributed by atoms with van der Waals surface area (Å²) in [7, 11) is 0. The smallest absolute Gasteiger partial charge is 0.332 e. The van der Waals surface area contributed by atoms with Crippen LogP contribution in [0.2, 0.25) is 0 Å². The molecule has 0 aliphatic heterocycles. The minimum absolute atomic E-state index is 0. The van der Waals surface area contributed by atoms with E-state index in [4.69, 9.17) is 10.2 Å². The van der Waals surface area contributed by atoms with Crippen LogP contribution in [0.3, 0.4) is 0 Å². The predicted molar refractivity (Wildman–Crippen MR) is 70.9 cm³/mol. The molecule has 0 aromatic rings. The Hall–Kier alpha value is -0.452. The molecule has 0 atom stereocenters. The van der Waals surface area contributed by atoms with Crippen LogP contribution < -0.4 is 11.1 Å². The van der Waals surface area contributed by atoms with Crippen LogP contribution in [0.25, 0.3) is 0 Å². The number of aliphatic carboxylic acids is 2. The fourth-order valence-corrected chi connectivity index (χ4v) is 2.62. The first-order chi connectivity index (χ1) is 9.00. The first-order valence-electron chi connectivity index (χ1n) is 6.98. The number of nitrogens with one attached hydrogen (secondary N) is 1. The topological polar surface area (TPSA) is 113 Å². The van der Waals surface area contributed by atoms with Crippen molar-refractivity contribution in [3.05, 3.63) is 0 Å². The average molecular weight is 467 g/mol. The van der Waals surface area contributed by atoms with E-state index >= 15 is 0 Å². The summed E-state index contributed by atoms with van der Waals surface area (Å²) in [6.07, 6.45) is 11.6. The molecule has 2 fully saturated rings. The van der Waals surface area contributed by atoms with Crippen molar-refractivity contribution in [2.75, 3.05) is 0 Å². The van der Waals surface area contributed by atoms with Crippen LogP contribution in [0.4, 0.5) is 0 Å². The van der Waals surface area contributed by atoms with Gasteiger partial charge in [0.05, 0.1) is 0 Å². The van der Waals surface area contributed by atoms with Crippen LogP contribution in [0.5, 0.6) is 0 Å². The monoisotopic (exact) mass is 467 g/mol. The Labute approximate surface area is 133 Å². The zero-order chi connectivity index (χ0) is 14.3. The summed E-state index contributed by atoms with van der Waals surface area (Å²) in [5.74, 6) is -3.06. The largest absolute Gasteiger partial charge is 0.480 e. The van der Waals surface area contributed by atoms with Crippen molar-refractivity contribution in [2.24, 2.45) is 5.73 Å². The van der Waals surface area contributed by atoms with Gasteiger partial charge < -0.3 is 21.3 Å². The Morgan fingerprint density at radius 2 is 1.20 bits per heavy atom. The van der Waals surface area contributed by atoms with Gasteiger partial charge in [-0.15, -0.1) is 0 Å². The van der Waals surface area contributed by atoms with Gasteiger partial charge >= 0.3 is 11.9 Å². The molecule has 0 radical (unpaired) electrons. The maximum Gasteiger partial charge on any atom is 0.332 e. The normalized spacial score (nSPS) is 19.3. The van der Waals surface area contributed by atoms with Gasteiger partial charge in [0.15, 0.2) is 0 Å². The number of carboxylic acids is 2. The zero-order valence-corrected chi connectivity index (χ0v) is 13.8. The molecule has 0 bridgehead atoms. The van der Waals surface area contributed by atoms with Gasteiger partial charge in [0, 0.05) is 33.1 Å². The molecule has 2 rings (SSSR count). The molecular formula is C13H24N2O4Pt. The van der Waals surface area contributed by atoms with Gasteiger partial charge in [-0.3, -0.25) is 0 Å². The third kappa shape index (κ3) is 7.36. The number of carboxylic acid groups (broad SMARTS) is 2. The molecule has 0 heterocycles. The van der Waals surface area contributed by atoms with Gasteiger partial charge in [0.2, 0.25) is 6.04 Å². The number of nitrogens with two attached hydrogens (primary N) is 1. The van der Waals surface area contributed by atoms with Crippen LogP contribution in [0.15, 0.2) is 0 Å². The van der Waals surface area contributed by atoms with E-state index in [0.717, 1.165) is 12.1 Å². The molecule has 2 aliphatic rings. The van der Waals surface area contributed by atoms with E-state index in [1.807, 2.05) is 0 Å². The summed E-state index contributed by atoms with van der Waals surface area (Å²) in [4.78, 5) is 19.3. The summed E-state index contributed by atoms with van der Waals surface area (Å²) in [5, 5.41) is 19.5. The molecule has 6 nitrogen and oxygen atoms in total. The summed E-state index contributed by atoms with van der Waals surface area (Å²) >= 11 is 0. The Morgan fingerprint density at radius 3 is 1.40 bits per heavy atom. The predicted octanol–water partition coefficient (Wildman–Crippen LogP) is 0.942. The molecule has 0 saturated heterocycles. The van der Waals surface area contributed by atoms with Gasteiger partial charge in [-0.1, -0.05) is 25.7 Å². The standard InChI is InChI=1S/C10H19N.C3H5NO4.Pt/c1-2-6-9(5-1)11-10-7-3-4-8-10;4-1(2(5)6)3(7)8;/h9-11H,1-8H2;1H,4H2,(H,5,6)(H,7,8);. The average Bonchev–Trinajstić information content (AvgIpc) is 3.02. The summed E-state index contributed by atoms with van der Waals surface area (Å²) in [5.41, 5.74) is 4.56. The van der Waals surface area contributed by atoms with E-state index in [1.165, 1.54) is 51.4 Å². The second-order valence-electron chi connectivity index (χ2n) is 5.28. The molecule has 2 aliphatic carbocycles. The second kappa shape index (κ2) is 10.3. The first-order valence-corrected chi connectivity index (χ1v) is 6.98. The van der Waals surface area contributed by atoms with Crippen molar-refractivity contribution in [2.45, 2.75) is 69.5 Å². The summed E-state index contributed by atoms with van der Waals surface area (Å²) in [6.45, 7) is 0. The van der Waals surface area contributed by atoms with Crippen LogP contribution in [-0.2, 0) is 30.7 Å². The minimum atomic E-state index is -1.80. The molecular weight excluding hydrogens is 443 g/mol. The maximum absolute atomic E-state index is 9.63. The van der Waals surface area contributed by atoms with E-state index in [2.05, 4.69) is 11.1 Å². The van der Waals surface area contributed by atoms with Crippen molar-refractivity contribution >= 4 is 11.9 Å². The number of hydrogen-bond donors (Lipinski definition) is 4. The maximum atomic E-state index is 9.63. The Morgan fingerprint density at radius 1 is 0.900 bits per heavy atom. The number of rotatable bonds is 4. The molecule has 120 valence electrons. The van der Waals surface area contributed by atoms with E-state index in [-0.39, 0.29) is 21.1 Å². The molecule has 0 aromatic carbocycles. The molecule has 0 aromatic heterocycles. The Balaban J connectivity index is 0.000000364. The van der Waals surface area contributed by atoms with Crippen LogP contribution in [0.1, 0.15) is 51.4 Å². The molecule has 2 saturated carbocycles. The van der Waals surface area contributed by atoms with E-state index in [1.54, 1.807) is 0 Å². The van der Waals surface area contributed by atoms with Crippen molar-refractivity contribution in [1.82, 2.24) is 5.32 Å². The van der Waals surface area contributed by atoms with Crippen molar-refractivity contribution in [3.63, 3.8) is 0 Å². The van der Waals surface area contributed by atoms with Gasteiger partial charge in [0.25, 0.3) is 0 Å². The van der Waals surface area contributed by atoms with Crippen molar-refractivity contribution in [1.29, 1.82) is 0 Å². The molecule has 0 unspecified atom stereocenters. The fraction of sp³-hybridized carbons (Fsp3) is 0.846. The van der Waals surface area contributed by atoms with Crippen molar-refractivity contribution < 1.29 is 40.9 Å². The third-order valence-corrected chi connectivity index (χ3v) is 3.71. The van der Waals surface area contributed by atoms with Crippen LogP contribution in [-0.4, -0.2) is 40.3 Å². The van der Waals surface area contributed by atoms with Crippen LogP contribution >= 0.6 is 0 Å². The quantitative estimate of drug-likeness (QED) is 0.458. The van der Waals surface area contributed by atoms with E-state index in [0.29, 0.717) is 0 Å². The summed E-state index contributed by atoms with van der Waals surface area (Å²) in [6, 6.07) is -0.0220. The van der Waals surface area contributed by atoms with E-state index < -0.39 is 18.0 Å². The van der Waals surface area contributed by atoms with Crippen LogP contribution in [0, 0.1) is 0 Å². The molecule has 0 spiro atoms. The molecule has 0 amide bonds. The first kappa shape index (κ1) is 19.5. The Kier molecular flexibility index (Phi) is 10.1. The van der Waals surface area contributed by atoms with Gasteiger partial charge in [-0.25, -0.2) is 9.59 Å². The fourth-order valence-electron chi connectivity index (χ4n) is 2.62. The number of carbonyl (C=O) groups is 2. The van der Waals surface area contributed by atoms with Gasteiger partial charge in [-0.2, -0.15) is 0 Å². The zero-order valence-electron chi connectivity index (χ0n) is 11.5. The third-order valence-electron chi connectivity index (χ3n) is 3.71. The van der Waals surface area contributed by atoms with Gasteiger partial charge in [-0.05, 0) is 25.7 Å². The number of hydrogen-bond acceptors (Lipinski definition) is 4. The SMILES string of the molecule is C1CCC(NC2CCCC2)C1.NC(C(=O)O)C(=O)O.[Pt]. The Bertz CT molecular complexity index is 275. The molecule has 5 N–H and O–H groups in total. The van der Waals surface area contributed by atoms with Gasteiger partial charge in [0.1, 0.15) is 0 Å². The van der Waals surface area contributed by atoms with E-state index in [9.17, 15) is 9.59 Å². The minimum Gasteiger partial charge on any atom is -0.480 e. The summed E-state index contributed by atoms with van der Waals surface area (Å²) < 4.78 is 0. The second-order valence-corrected chi connectivity index (χ2v) is 5.28.